The molecule has 1 fully saturated rings. The first-order valence-electron chi connectivity index (χ1n) is 7.18. The molecule has 0 aromatic heterocycles. The maximum atomic E-state index is 5.30. The predicted octanol–water partition coefficient (Wildman–Crippen LogP) is 2.26. The number of nitrogens with zero attached hydrogens (tertiary/aromatic N) is 1. The van der Waals surface area contributed by atoms with Gasteiger partial charge in [-0.05, 0) is 46.2 Å². The largest absolute Gasteiger partial charge is 0.383 e. The number of ether oxygens (including phenoxy) is 1. The lowest BCUT2D eigenvalue weighted by molar-refractivity contribution is 0.0360. The third kappa shape index (κ3) is 4.57. The van der Waals surface area contributed by atoms with E-state index >= 15 is 0 Å². The summed E-state index contributed by atoms with van der Waals surface area (Å²) >= 11 is 0. The van der Waals surface area contributed by atoms with Crippen LogP contribution in [-0.2, 0) is 4.74 Å². The second-order valence-electron chi connectivity index (χ2n) is 5.35. The minimum Gasteiger partial charge on any atom is -0.383 e. The molecule has 3 unspecified atom stereocenters. The summed E-state index contributed by atoms with van der Waals surface area (Å²) in [5, 5.41) is 3.65. The Labute approximate surface area is 107 Å². The van der Waals surface area contributed by atoms with Crippen molar-refractivity contribution in [3.63, 3.8) is 0 Å². The Bertz CT molecular complexity index is 199. The summed E-state index contributed by atoms with van der Waals surface area (Å²) < 4.78 is 5.30. The molecule has 0 aromatic rings. The van der Waals surface area contributed by atoms with Crippen LogP contribution in [0.15, 0.2) is 0 Å². The van der Waals surface area contributed by atoms with Crippen molar-refractivity contribution >= 4 is 0 Å². The summed E-state index contributed by atoms with van der Waals surface area (Å²) in [4.78, 5) is 2.64. The van der Waals surface area contributed by atoms with E-state index in [1.807, 2.05) is 0 Å². The quantitative estimate of drug-likeness (QED) is 0.741. The number of rotatable bonds is 7. The molecular formula is C14H30N2O. The standard InChI is InChI=1S/C14H30N2O/c1-5-9-15-13(3)14-8-6-7-10-16(14)12(2)11-17-4/h12-15H,5-11H2,1-4H3. The molecule has 0 aliphatic carbocycles. The van der Waals surface area contributed by atoms with Crippen LogP contribution < -0.4 is 5.32 Å². The van der Waals surface area contributed by atoms with E-state index in [1.54, 1.807) is 7.11 Å². The minimum atomic E-state index is 0.538. The van der Waals surface area contributed by atoms with Crippen molar-refractivity contribution in [1.29, 1.82) is 0 Å². The van der Waals surface area contributed by atoms with E-state index in [4.69, 9.17) is 4.74 Å². The van der Waals surface area contributed by atoms with Gasteiger partial charge in [-0.25, -0.2) is 0 Å². The summed E-state index contributed by atoms with van der Waals surface area (Å²) in [5.74, 6) is 0. The maximum Gasteiger partial charge on any atom is 0.0615 e. The molecule has 0 amide bonds. The first-order valence-corrected chi connectivity index (χ1v) is 7.18. The molecule has 0 saturated carbocycles. The van der Waals surface area contributed by atoms with Gasteiger partial charge < -0.3 is 10.1 Å². The topological polar surface area (TPSA) is 24.5 Å². The second kappa shape index (κ2) is 8.06. The van der Waals surface area contributed by atoms with Gasteiger partial charge in [0.15, 0.2) is 0 Å². The summed E-state index contributed by atoms with van der Waals surface area (Å²) in [5.41, 5.74) is 0. The molecule has 0 bridgehead atoms. The molecule has 3 atom stereocenters. The molecule has 1 N–H and O–H groups in total. The molecule has 1 saturated heterocycles. The first kappa shape index (κ1) is 14.9. The highest BCUT2D eigenvalue weighted by Gasteiger charge is 2.29. The van der Waals surface area contributed by atoms with Gasteiger partial charge in [0.1, 0.15) is 0 Å². The molecule has 0 spiro atoms. The Morgan fingerprint density at radius 1 is 1.35 bits per heavy atom. The fourth-order valence-corrected chi connectivity index (χ4v) is 2.91. The Morgan fingerprint density at radius 3 is 2.76 bits per heavy atom. The van der Waals surface area contributed by atoms with Crippen molar-refractivity contribution in [3.8, 4) is 0 Å². The van der Waals surface area contributed by atoms with Gasteiger partial charge in [-0.15, -0.1) is 0 Å². The van der Waals surface area contributed by atoms with Crippen LogP contribution in [-0.4, -0.2) is 49.8 Å². The summed E-state index contributed by atoms with van der Waals surface area (Å²) in [6.07, 6.45) is 5.25. The Kier molecular flexibility index (Phi) is 7.09. The average Bonchev–Trinajstić information content (AvgIpc) is 2.36. The molecule has 17 heavy (non-hydrogen) atoms. The minimum absolute atomic E-state index is 0.538. The van der Waals surface area contributed by atoms with Gasteiger partial charge in [0.25, 0.3) is 0 Å². The second-order valence-corrected chi connectivity index (χ2v) is 5.35. The number of nitrogens with one attached hydrogen (secondary N) is 1. The van der Waals surface area contributed by atoms with Crippen LogP contribution in [0.25, 0.3) is 0 Å². The zero-order chi connectivity index (χ0) is 12.7. The van der Waals surface area contributed by atoms with Gasteiger partial charge in [0.05, 0.1) is 6.61 Å². The molecule has 1 aliphatic rings. The van der Waals surface area contributed by atoms with Crippen LogP contribution in [0.2, 0.25) is 0 Å². The van der Waals surface area contributed by atoms with Gasteiger partial charge >= 0.3 is 0 Å². The van der Waals surface area contributed by atoms with Crippen LogP contribution >= 0.6 is 0 Å². The molecule has 0 radical (unpaired) electrons. The van der Waals surface area contributed by atoms with Gasteiger partial charge in [-0.1, -0.05) is 13.3 Å². The Balaban J connectivity index is 2.52. The smallest absolute Gasteiger partial charge is 0.0615 e. The number of likely N-dealkylation sites (tertiary alicyclic amines) is 1. The predicted molar refractivity (Wildman–Crippen MR) is 73.4 cm³/mol. The van der Waals surface area contributed by atoms with Crippen LogP contribution in [0.4, 0.5) is 0 Å². The molecule has 1 heterocycles. The zero-order valence-corrected chi connectivity index (χ0v) is 12.0. The summed E-state index contributed by atoms with van der Waals surface area (Å²) in [6.45, 7) is 10.0. The molecule has 102 valence electrons. The highest BCUT2D eigenvalue weighted by atomic mass is 16.5. The fraction of sp³-hybridized carbons (Fsp3) is 1.00. The van der Waals surface area contributed by atoms with Crippen LogP contribution in [0.1, 0.15) is 46.5 Å². The number of methoxy groups -OCH3 is 1. The van der Waals surface area contributed by atoms with Crippen molar-refractivity contribution in [3.05, 3.63) is 0 Å². The summed E-state index contributed by atoms with van der Waals surface area (Å²) in [6, 6.07) is 1.81. The van der Waals surface area contributed by atoms with E-state index in [2.05, 4.69) is 31.0 Å². The lowest BCUT2D eigenvalue weighted by Crippen LogP contribution is -2.55. The highest BCUT2D eigenvalue weighted by Crippen LogP contribution is 2.22. The van der Waals surface area contributed by atoms with Gasteiger partial charge in [0, 0.05) is 25.2 Å². The van der Waals surface area contributed by atoms with Crippen molar-refractivity contribution in [2.24, 2.45) is 0 Å². The van der Waals surface area contributed by atoms with Crippen molar-refractivity contribution in [2.45, 2.75) is 64.6 Å². The van der Waals surface area contributed by atoms with Crippen LogP contribution in [0, 0.1) is 0 Å². The monoisotopic (exact) mass is 242 g/mol. The number of hydrogen-bond acceptors (Lipinski definition) is 3. The Hall–Kier alpha value is -0.120. The third-order valence-electron chi connectivity index (χ3n) is 3.86. The third-order valence-corrected chi connectivity index (χ3v) is 3.86. The van der Waals surface area contributed by atoms with E-state index in [0.717, 1.165) is 13.2 Å². The SMILES string of the molecule is CCCNC(C)C1CCCCN1C(C)COC. The van der Waals surface area contributed by atoms with E-state index in [-0.39, 0.29) is 0 Å². The lowest BCUT2D eigenvalue weighted by atomic mass is 9.95. The van der Waals surface area contributed by atoms with Crippen molar-refractivity contribution in [2.75, 3.05) is 26.8 Å². The van der Waals surface area contributed by atoms with E-state index < -0.39 is 0 Å². The van der Waals surface area contributed by atoms with Gasteiger partial charge in [0.2, 0.25) is 0 Å². The molecule has 1 aliphatic heterocycles. The summed E-state index contributed by atoms with van der Waals surface area (Å²) in [7, 11) is 1.80. The van der Waals surface area contributed by atoms with Crippen LogP contribution in [0.3, 0.4) is 0 Å². The highest BCUT2D eigenvalue weighted by molar-refractivity contribution is 4.87. The van der Waals surface area contributed by atoms with E-state index in [1.165, 1.54) is 32.2 Å². The van der Waals surface area contributed by atoms with Crippen molar-refractivity contribution in [1.82, 2.24) is 10.2 Å². The van der Waals surface area contributed by atoms with Gasteiger partial charge in [-0.3, -0.25) is 4.90 Å². The maximum absolute atomic E-state index is 5.30. The number of piperidine rings is 1. The molecule has 0 aromatic carbocycles. The molecular weight excluding hydrogens is 212 g/mol. The fourth-order valence-electron chi connectivity index (χ4n) is 2.91. The molecule has 3 heteroatoms. The lowest BCUT2D eigenvalue weighted by Gasteiger charge is -2.43. The average molecular weight is 242 g/mol. The Morgan fingerprint density at radius 2 is 2.12 bits per heavy atom. The van der Waals surface area contributed by atoms with Crippen LogP contribution in [0.5, 0.6) is 0 Å². The van der Waals surface area contributed by atoms with Gasteiger partial charge in [-0.2, -0.15) is 0 Å². The molecule has 3 nitrogen and oxygen atoms in total. The van der Waals surface area contributed by atoms with E-state index in [0.29, 0.717) is 18.1 Å². The van der Waals surface area contributed by atoms with E-state index in [9.17, 15) is 0 Å². The first-order chi connectivity index (χ1) is 8.20. The molecule has 1 rings (SSSR count). The zero-order valence-electron chi connectivity index (χ0n) is 12.0. The number of hydrogen-bond donors (Lipinski definition) is 1. The van der Waals surface area contributed by atoms with Crippen molar-refractivity contribution < 1.29 is 4.74 Å². The normalized spacial score (nSPS) is 25.8.